The van der Waals surface area contributed by atoms with E-state index in [0.717, 1.165) is 0 Å². The summed E-state index contributed by atoms with van der Waals surface area (Å²) in [4.78, 5) is 22.7. The van der Waals surface area contributed by atoms with Crippen molar-refractivity contribution < 1.29 is 18.7 Å². The normalized spacial score (nSPS) is 11.0. The number of rotatable bonds is 8. The van der Waals surface area contributed by atoms with Crippen LogP contribution in [0.1, 0.15) is 26.7 Å². The minimum Gasteiger partial charge on any atom is -0.493 e. The molecule has 0 aliphatic carbocycles. The highest BCUT2D eigenvalue weighted by Crippen LogP contribution is 2.13. The number of halogens is 1. The minimum absolute atomic E-state index is 0.174. The van der Waals surface area contributed by atoms with Crippen molar-refractivity contribution in [1.29, 1.82) is 0 Å². The van der Waals surface area contributed by atoms with Gasteiger partial charge in [0.2, 0.25) is 11.8 Å². The number of primary amides is 1. The van der Waals surface area contributed by atoms with Crippen molar-refractivity contribution in [3.8, 4) is 5.75 Å². The fourth-order valence-electron chi connectivity index (χ4n) is 1.47. The van der Waals surface area contributed by atoms with Crippen LogP contribution in [0.4, 0.5) is 4.39 Å². The molecule has 0 spiro atoms. The Bertz CT molecular complexity index is 503. The number of carbonyl (C=O) groups excluding carboxylic acids is 2. The molecule has 2 amide bonds. The van der Waals surface area contributed by atoms with Gasteiger partial charge in [-0.15, -0.1) is 0 Å². The third kappa shape index (κ3) is 6.25. The van der Waals surface area contributed by atoms with Gasteiger partial charge < -0.3 is 15.8 Å². The SMILES string of the molecule is CC(C)(CNC(=O)CCCOc1cccc(F)c1)C(N)=O. The zero-order chi connectivity index (χ0) is 15.9. The molecule has 0 aliphatic heterocycles. The highest BCUT2D eigenvalue weighted by atomic mass is 19.1. The summed E-state index contributed by atoms with van der Waals surface area (Å²) in [5.41, 5.74) is 4.44. The van der Waals surface area contributed by atoms with Gasteiger partial charge in [0.05, 0.1) is 12.0 Å². The number of benzene rings is 1. The third-order valence-corrected chi connectivity index (χ3v) is 3.01. The van der Waals surface area contributed by atoms with E-state index in [2.05, 4.69) is 5.32 Å². The topological polar surface area (TPSA) is 81.4 Å². The van der Waals surface area contributed by atoms with Crippen LogP contribution < -0.4 is 15.8 Å². The van der Waals surface area contributed by atoms with Crippen LogP contribution in [-0.2, 0) is 9.59 Å². The van der Waals surface area contributed by atoms with E-state index in [1.165, 1.54) is 12.1 Å². The van der Waals surface area contributed by atoms with Crippen molar-refractivity contribution in [2.75, 3.05) is 13.2 Å². The summed E-state index contributed by atoms with van der Waals surface area (Å²) in [5, 5.41) is 2.66. The molecule has 0 aliphatic rings. The van der Waals surface area contributed by atoms with E-state index in [4.69, 9.17) is 10.5 Å². The number of amides is 2. The monoisotopic (exact) mass is 296 g/mol. The van der Waals surface area contributed by atoms with Crippen LogP contribution in [0.3, 0.4) is 0 Å². The van der Waals surface area contributed by atoms with Crippen molar-refractivity contribution in [3.63, 3.8) is 0 Å². The number of hydrogen-bond acceptors (Lipinski definition) is 3. The van der Waals surface area contributed by atoms with E-state index in [-0.39, 0.29) is 24.7 Å². The molecule has 5 nitrogen and oxygen atoms in total. The molecule has 0 heterocycles. The molecule has 6 heteroatoms. The Labute approximate surface area is 123 Å². The second-order valence-electron chi connectivity index (χ2n) is 5.43. The van der Waals surface area contributed by atoms with Crippen LogP contribution in [0.5, 0.6) is 5.75 Å². The Hall–Kier alpha value is -2.11. The summed E-state index contributed by atoms with van der Waals surface area (Å²) in [7, 11) is 0. The Kier molecular flexibility index (Phi) is 6.14. The fourth-order valence-corrected chi connectivity index (χ4v) is 1.47. The second kappa shape index (κ2) is 7.61. The quantitative estimate of drug-likeness (QED) is 0.715. The lowest BCUT2D eigenvalue weighted by molar-refractivity contribution is -0.127. The average molecular weight is 296 g/mol. The van der Waals surface area contributed by atoms with Gasteiger partial charge in [-0.05, 0) is 32.4 Å². The van der Waals surface area contributed by atoms with Gasteiger partial charge in [-0.2, -0.15) is 0 Å². The predicted molar refractivity (Wildman–Crippen MR) is 77.1 cm³/mol. The van der Waals surface area contributed by atoms with Gasteiger partial charge in [0, 0.05) is 19.0 Å². The zero-order valence-corrected chi connectivity index (χ0v) is 12.3. The molecule has 0 saturated heterocycles. The second-order valence-corrected chi connectivity index (χ2v) is 5.43. The Morgan fingerprint density at radius 1 is 1.38 bits per heavy atom. The first kappa shape index (κ1) is 16.9. The summed E-state index contributed by atoms with van der Waals surface area (Å²) in [5.74, 6) is -0.561. The maximum Gasteiger partial charge on any atom is 0.224 e. The minimum atomic E-state index is -0.770. The van der Waals surface area contributed by atoms with Gasteiger partial charge in [0.25, 0.3) is 0 Å². The van der Waals surface area contributed by atoms with Gasteiger partial charge in [-0.25, -0.2) is 4.39 Å². The number of ether oxygens (including phenoxy) is 1. The molecule has 0 radical (unpaired) electrons. The lowest BCUT2D eigenvalue weighted by Gasteiger charge is -2.20. The van der Waals surface area contributed by atoms with Crippen LogP contribution >= 0.6 is 0 Å². The first-order chi connectivity index (χ1) is 9.81. The molecule has 0 unspecified atom stereocenters. The summed E-state index contributed by atoms with van der Waals surface area (Å²) in [6.45, 7) is 3.85. The molecule has 0 saturated carbocycles. The maximum atomic E-state index is 12.9. The molecule has 21 heavy (non-hydrogen) atoms. The molecule has 116 valence electrons. The number of carbonyl (C=O) groups is 2. The molecule has 3 N–H and O–H groups in total. The van der Waals surface area contributed by atoms with Crippen LogP contribution in [0.25, 0.3) is 0 Å². The van der Waals surface area contributed by atoms with Gasteiger partial charge in [0.15, 0.2) is 0 Å². The molecular weight excluding hydrogens is 275 g/mol. The van der Waals surface area contributed by atoms with E-state index in [1.54, 1.807) is 26.0 Å². The molecular formula is C15H21FN2O3. The highest BCUT2D eigenvalue weighted by molar-refractivity contribution is 5.82. The maximum absolute atomic E-state index is 12.9. The van der Waals surface area contributed by atoms with Gasteiger partial charge >= 0.3 is 0 Å². The molecule has 1 aromatic carbocycles. The van der Waals surface area contributed by atoms with Crippen molar-refractivity contribution in [2.45, 2.75) is 26.7 Å². The highest BCUT2D eigenvalue weighted by Gasteiger charge is 2.25. The smallest absolute Gasteiger partial charge is 0.224 e. The van der Waals surface area contributed by atoms with Crippen molar-refractivity contribution in [1.82, 2.24) is 5.32 Å². The van der Waals surface area contributed by atoms with Crippen molar-refractivity contribution in [3.05, 3.63) is 30.1 Å². The fraction of sp³-hybridized carbons (Fsp3) is 0.467. The Balaban J connectivity index is 2.21. The third-order valence-electron chi connectivity index (χ3n) is 3.01. The Morgan fingerprint density at radius 3 is 2.71 bits per heavy atom. The van der Waals surface area contributed by atoms with Crippen LogP contribution in [0, 0.1) is 11.2 Å². The van der Waals surface area contributed by atoms with Crippen molar-refractivity contribution >= 4 is 11.8 Å². The summed E-state index contributed by atoms with van der Waals surface area (Å²) in [6.07, 6.45) is 0.767. The van der Waals surface area contributed by atoms with Gasteiger partial charge in [-0.1, -0.05) is 6.07 Å². The summed E-state index contributed by atoms with van der Waals surface area (Å²) in [6, 6.07) is 5.83. The molecule has 0 aromatic heterocycles. The first-order valence-electron chi connectivity index (χ1n) is 6.76. The lowest BCUT2D eigenvalue weighted by Crippen LogP contribution is -2.42. The number of nitrogens with two attached hydrogens (primary N) is 1. The largest absolute Gasteiger partial charge is 0.493 e. The standard InChI is InChI=1S/C15H21FN2O3/c1-15(2,14(17)20)10-18-13(19)7-4-8-21-12-6-3-5-11(16)9-12/h3,5-6,9H,4,7-8,10H2,1-2H3,(H2,17,20)(H,18,19). The van der Waals surface area contributed by atoms with Crippen LogP contribution in [-0.4, -0.2) is 25.0 Å². The molecule has 0 fully saturated rings. The summed E-state index contributed by atoms with van der Waals surface area (Å²) >= 11 is 0. The van der Waals surface area contributed by atoms with E-state index in [0.29, 0.717) is 18.8 Å². The van der Waals surface area contributed by atoms with Crippen LogP contribution in [0.2, 0.25) is 0 Å². The van der Waals surface area contributed by atoms with Gasteiger partial charge in [0.1, 0.15) is 11.6 Å². The molecule has 1 rings (SSSR count). The first-order valence-corrected chi connectivity index (χ1v) is 6.76. The van der Waals surface area contributed by atoms with Crippen LogP contribution in [0.15, 0.2) is 24.3 Å². The van der Waals surface area contributed by atoms with Gasteiger partial charge in [-0.3, -0.25) is 9.59 Å². The van der Waals surface area contributed by atoms with Crippen molar-refractivity contribution in [2.24, 2.45) is 11.1 Å². The van der Waals surface area contributed by atoms with E-state index >= 15 is 0 Å². The summed E-state index contributed by atoms with van der Waals surface area (Å²) < 4.78 is 18.2. The number of nitrogens with one attached hydrogen (secondary N) is 1. The molecule has 1 aromatic rings. The predicted octanol–water partition coefficient (Wildman–Crippen LogP) is 1.61. The molecule has 0 atom stereocenters. The zero-order valence-electron chi connectivity index (χ0n) is 12.3. The van der Waals surface area contributed by atoms with E-state index < -0.39 is 11.3 Å². The molecule has 0 bridgehead atoms. The number of hydrogen-bond donors (Lipinski definition) is 2. The lowest BCUT2D eigenvalue weighted by atomic mass is 9.93. The van der Waals surface area contributed by atoms with E-state index in [9.17, 15) is 14.0 Å². The average Bonchev–Trinajstić information content (AvgIpc) is 2.41. The Morgan fingerprint density at radius 2 is 2.10 bits per heavy atom. The van der Waals surface area contributed by atoms with E-state index in [1.807, 2.05) is 0 Å².